The van der Waals surface area contributed by atoms with Crippen LogP contribution in [0, 0.1) is 18.3 Å². The van der Waals surface area contributed by atoms with Crippen LogP contribution < -0.4 is 10.6 Å². The summed E-state index contributed by atoms with van der Waals surface area (Å²) in [6, 6.07) is 12.8. The number of hydrogen-bond acceptors (Lipinski definition) is 4. The number of carbonyl (C=O) groups excluding carboxylic acids is 1. The zero-order valence-electron chi connectivity index (χ0n) is 11.6. The molecule has 106 valence electrons. The molecule has 1 aromatic carbocycles. The van der Waals surface area contributed by atoms with Crippen molar-refractivity contribution in [1.29, 1.82) is 5.26 Å². The van der Waals surface area contributed by atoms with Crippen molar-refractivity contribution in [3.63, 3.8) is 0 Å². The van der Waals surface area contributed by atoms with Crippen LogP contribution in [0.5, 0.6) is 0 Å². The molecule has 0 unspecified atom stereocenters. The number of furan rings is 1. The summed E-state index contributed by atoms with van der Waals surface area (Å²) in [6.45, 7) is 2.38. The lowest BCUT2D eigenvalue weighted by Gasteiger charge is -2.05. The van der Waals surface area contributed by atoms with E-state index in [1.807, 2.05) is 25.1 Å². The van der Waals surface area contributed by atoms with Crippen molar-refractivity contribution in [2.45, 2.75) is 13.5 Å². The number of amides is 1. The molecule has 0 spiro atoms. The molecule has 2 aromatic rings. The number of carbonyl (C=O) groups is 1. The molecule has 2 rings (SSSR count). The Morgan fingerprint density at radius 3 is 2.71 bits per heavy atom. The van der Waals surface area contributed by atoms with E-state index in [1.165, 1.54) is 6.20 Å². The second kappa shape index (κ2) is 6.96. The third kappa shape index (κ3) is 4.25. The molecule has 0 saturated heterocycles. The van der Waals surface area contributed by atoms with Crippen molar-refractivity contribution in [1.82, 2.24) is 5.32 Å². The first kappa shape index (κ1) is 14.4. The largest absolute Gasteiger partial charge is 0.467 e. The van der Waals surface area contributed by atoms with Gasteiger partial charge in [0.05, 0.1) is 12.8 Å². The lowest BCUT2D eigenvalue weighted by atomic mass is 10.2. The zero-order valence-corrected chi connectivity index (χ0v) is 11.6. The Kier molecular flexibility index (Phi) is 4.78. The molecule has 0 radical (unpaired) electrons. The predicted molar refractivity (Wildman–Crippen MR) is 79.1 cm³/mol. The highest BCUT2D eigenvalue weighted by Crippen LogP contribution is 2.10. The molecule has 1 amide bonds. The van der Waals surface area contributed by atoms with Crippen molar-refractivity contribution >= 4 is 11.6 Å². The van der Waals surface area contributed by atoms with Crippen LogP contribution in [0.1, 0.15) is 11.3 Å². The molecule has 5 nitrogen and oxygen atoms in total. The fourth-order valence-corrected chi connectivity index (χ4v) is 1.65. The van der Waals surface area contributed by atoms with Gasteiger partial charge in [-0.1, -0.05) is 17.7 Å². The van der Waals surface area contributed by atoms with Gasteiger partial charge < -0.3 is 15.1 Å². The lowest BCUT2D eigenvalue weighted by Crippen LogP contribution is -2.16. The van der Waals surface area contributed by atoms with E-state index in [4.69, 9.17) is 9.68 Å². The van der Waals surface area contributed by atoms with E-state index in [0.717, 1.165) is 11.3 Å². The number of nitriles is 1. The Morgan fingerprint density at radius 1 is 1.33 bits per heavy atom. The standard InChI is InChI=1S/C16H15N3O2/c1-12-4-6-14(7-5-12)19-16(20)13(9-17)10-18-11-15-3-2-8-21-15/h2-8,10,18H,11H2,1H3,(H,19,20)/b13-10-. The van der Waals surface area contributed by atoms with E-state index in [2.05, 4.69) is 10.6 Å². The topological polar surface area (TPSA) is 78.1 Å². The van der Waals surface area contributed by atoms with Crippen molar-refractivity contribution < 1.29 is 9.21 Å². The van der Waals surface area contributed by atoms with E-state index in [9.17, 15) is 4.79 Å². The Labute approximate surface area is 122 Å². The van der Waals surface area contributed by atoms with Gasteiger partial charge in [0.1, 0.15) is 17.4 Å². The van der Waals surface area contributed by atoms with Gasteiger partial charge in [-0.25, -0.2) is 0 Å². The average Bonchev–Trinajstić information content (AvgIpc) is 2.99. The Morgan fingerprint density at radius 2 is 2.10 bits per heavy atom. The predicted octanol–water partition coefficient (Wildman–Crippen LogP) is 2.72. The van der Waals surface area contributed by atoms with Crippen LogP contribution >= 0.6 is 0 Å². The van der Waals surface area contributed by atoms with Gasteiger partial charge in [-0.05, 0) is 31.2 Å². The van der Waals surface area contributed by atoms with Crippen LogP contribution in [-0.4, -0.2) is 5.91 Å². The molecule has 21 heavy (non-hydrogen) atoms. The van der Waals surface area contributed by atoms with Crippen molar-refractivity contribution in [3.8, 4) is 6.07 Å². The van der Waals surface area contributed by atoms with Gasteiger partial charge in [0.2, 0.25) is 0 Å². The van der Waals surface area contributed by atoms with Gasteiger partial charge in [-0.3, -0.25) is 4.79 Å². The molecular weight excluding hydrogens is 266 g/mol. The SMILES string of the molecule is Cc1ccc(NC(=O)/C(C#N)=C\NCc2ccco2)cc1. The summed E-state index contributed by atoms with van der Waals surface area (Å²) >= 11 is 0. The Hall–Kier alpha value is -3.00. The smallest absolute Gasteiger partial charge is 0.267 e. The number of hydrogen-bond donors (Lipinski definition) is 2. The number of aryl methyl sites for hydroxylation is 1. The van der Waals surface area contributed by atoms with Gasteiger partial charge in [-0.2, -0.15) is 5.26 Å². The first-order chi connectivity index (χ1) is 10.2. The summed E-state index contributed by atoms with van der Waals surface area (Å²) in [4.78, 5) is 12.0. The normalized spacial score (nSPS) is 10.8. The van der Waals surface area contributed by atoms with E-state index in [-0.39, 0.29) is 5.57 Å². The molecule has 1 heterocycles. The quantitative estimate of drug-likeness (QED) is 0.652. The highest BCUT2D eigenvalue weighted by atomic mass is 16.3. The molecule has 0 atom stereocenters. The first-order valence-electron chi connectivity index (χ1n) is 6.43. The highest BCUT2D eigenvalue weighted by Gasteiger charge is 2.09. The van der Waals surface area contributed by atoms with E-state index >= 15 is 0 Å². The van der Waals surface area contributed by atoms with E-state index in [1.54, 1.807) is 30.5 Å². The molecule has 0 aliphatic carbocycles. The van der Waals surface area contributed by atoms with Crippen LogP contribution in [0.15, 0.2) is 58.9 Å². The molecule has 0 saturated carbocycles. The van der Waals surface area contributed by atoms with Crippen LogP contribution in [0.25, 0.3) is 0 Å². The maximum absolute atomic E-state index is 12.0. The molecule has 0 bridgehead atoms. The monoisotopic (exact) mass is 281 g/mol. The lowest BCUT2D eigenvalue weighted by molar-refractivity contribution is -0.112. The fraction of sp³-hybridized carbons (Fsp3) is 0.125. The minimum Gasteiger partial charge on any atom is -0.467 e. The second-order valence-corrected chi connectivity index (χ2v) is 4.45. The van der Waals surface area contributed by atoms with Crippen molar-refractivity contribution in [2.24, 2.45) is 0 Å². The van der Waals surface area contributed by atoms with Gasteiger partial charge in [-0.15, -0.1) is 0 Å². The van der Waals surface area contributed by atoms with Crippen LogP contribution in [0.4, 0.5) is 5.69 Å². The van der Waals surface area contributed by atoms with Crippen LogP contribution in [-0.2, 0) is 11.3 Å². The summed E-state index contributed by atoms with van der Waals surface area (Å²) in [5.74, 6) is 0.274. The third-order valence-corrected chi connectivity index (χ3v) is 2.78. The summed E-state index contributed by atoms with van der Waals surface area (Å²) in [6.07, 6.45) is 2.95. The van der Waals surface area contributed by atoms with Gasteiger partial charge >= 0.3 is 0 Å². The molecule has 2 N–H and O–H groups in total. The summed E-state index contributed by atoms with van der Waals surface area (Å²) in [7, 11) is 0. The van der Waals surface area contributed by atoms with E-state index in [0.29, 0.717) is 12.2 Å². The second-order valence-electron chi connectivity index (χ2n) is 4.45. The Bertz CT molecular complexity index is 665. The number of benzene rings is 1. The third-order valence-electron chi connectivity index (χ3n) is 2.78. The summed E-state index contributed by atoms with van der Waals surface area (Å²) < 4.78 is 5.14. The van der Waals surface area contributed by atoms with Gasteiger partial charge in [0.25, 0.3) is 5.91 Å². The summed E-state index contributed by atoms with van der Waals surface area (Å²) in [5, 5.41) is 14.6. The first-order valence-corrected chi connectivity index (χ1v) is 6.43. The highest BCUT2D eigenvalue weighted by molar-refractivity contribution is 6.06. The minimum atomic E-state index is -0.451. The minimum absolute atomic E-state index is 0.00197. The number of nitrogens with one attached hydrogen (secondary N) is 2. The van der Waals surface area contributed by atoms with Gasteiger partial charge in [0, 0.05) is 11.9 Å². The van der Waals surface area contributed by atoms with Crippen molar-refractivity contribution in [3.05, 3.63) is 65.8 Å². The number of rotatable bonds is 5. The zero-order chi connectivity index (χ0) is 15.1. The van der Waals surface area contributed by atoms with E-state index < -0.39 is 5.91 Å². The molecule has 0 fully saturated rings. The number of anilines is 1. The average molecular weight is 281 g/mol. The maximum atomic E-state index is 12.0. The van der Waals surface area contributed by atoms with Crippen molar-refractivity contribution in [2.75, 3.05) is 5.32 Å². The van der Waals surface area contributed by atoms with Gasteiger partial charge in [0.15, 0.2) is 0 Å². The van der Waals surface area contributed by atoms with Crippen LogP contribution in [0.2, 0.25) is 0 Å². The molecule has 0 aliphatic heterocycles. The maximum Gasteiger partial charge on any atom is 0.267 e. The molecule has 0 aliphatic rings. The molecule has 5 heteroatoms. The number of nitrogens with zero attached hydrogens (tertiary/aromatic N) is 1. The summed E-state index contributed by atoms with van der Waals surface area (Å²) in [5.41, 5.74) is 1.75. The molecule has 1 aromatic heterocycles. The molecular formula is C16H15N3O2. The van der Waals surface area contributed by atoms with Crippen LogP contribution in [0.3, 0.4) is 0 Å². The Balaban J connectivity index is 1.94. The fourth-order valence-electron chi connectivity index (χ4n) is 1.65.